The first-order chi connectivity index (χ1) is 7.15. The minimum Gasteiger partial charge on any atom is -0.326 e. The summed E-state index contributed by atoms with van der Waals surface area (Å²) in [4.78, 5) is 0. The Kier molecular flexibility index (Phi) is 3.44. The van der Waals surface area contributed by atoms with Crippen LogP contribution in [0, 0.1) is 11.2 Å². The van der Waals surface area contributed by atoms with Gasteiger partial charge in [-0.1, -0.05) is 46.8 Å². The Balaban J connectivity index is 3.06. The minimum absolute atomic E-state index is 0.0189. The summed E-state index contributed by atoms with van der Waals surface area (Å²) in [7, 11) is 0. The first-order valence-electron chi connectivity index (χ1n) is 5.67. The average Bonchev–Trinajstić information content (AvgIpc) is 2.16. The van der Waals surface area contributed by atoms with Gasteiger partial charge >= 0.3 is 0 Å². The summed E-state index contributed by atoms with van der Waals surface area (Å²) in [6.45, 7) is 10.6. The van der Waals surface area contributed by atoms with Crippen LogP contribution in [-0.4, -0.2) is 6.04 Å². The summed E-state index contributed by atoms with van der Waals surface area (Å²) in [5.74, 6) is -0.205. The quantitative estimate of drug-likeness (QED) is 0.816. The van der Waals surface area contributed by atoms with Gasteiger partial charge in [0.15, 0.2) is 0 Å². The largest absolute Gasteiger partial charge is 0.326 e. The van der Waals surface area contributed by atoms with Crippen LogP contribution < -0.4 is 5.73 Å². The highest BCUT2D eigenvalue weighted by atomic mass is 19.1. The Bertz CT molecular complexity index is 346. The molecule has 0 saturated heterocycles. The standard InChI is InChI=1S/C14H22FN/c1-13(2,3)12(16)14(4,5)10-6-8-11(15)9-7-10/h6-9,12H,16H2,1-5H3. The zero-order valence-corrected chi connectivity index (χ0v) is 10.8. The molecule has 0 aromatic heterocycles. The molecule has 1 aromatic rings. The lowest BCUT2D eigenvalue weighted by Gasteiger charge is -2.40. The summed E-state index contributed by atoms with van der Waals surface area (Å²) >= 11 is 0. The Morgan fingerprint density at radius 3 is 1.81 bits per heavy atom. The molecule has 1 atom stereocenters. The second-order valence-electron chi connectivity index (χ2n) is 6.07. The molecule has 2 N–H and O–H groups in total. The van der Waals surface area contributed by atoms with Gasteiger partial charge in [0, 0.05) is 11.5 Å². The van der Waals surface area contributed by atoms with Crippen LogP contribution in [0.25, 0.3) is 0 Å². The van der Waals surface area contributed by atoms with Gasteiger partial charge in [0.05, 0.1) is 0 Å². The lowest BCUT2D eigenvalue weighted by atomic mass is 9.68. The maximum atomic E-state index is 12.9. The van der Waals surface area contributed by atoms with Crippen LogP contribution in [0.4, 0.5) is 4.39 Å². The van der Waals surface area contributed by atoms with E-state index in [9.17, 15) is 4.39 Å². The predicted molar refractivity (Wildman–Crippen MR) is 66.9 cm³/mol. The summed E-state index contributed by atoms with van der Waals surface area (Å²) < 4.78 is 12.9. The van der Waals surface area contributed by atoms with E-state index in [1.807, 2.05) is 12.1 Å². The van der Waals surface area contributed by atoms with Crippen LogP contribution in [0.2, 0.25) is 0 Å². The Morgan fingerprint density at radius 2 is 1.44 bits per heavy atom. The van der Waals surface area contributed by atoms with Gasteiger partial charge in [-0.3, -0.25) is 0 Å². The molecule has 0 aliphatic rings. The van der Waals surface area contributed by atoms with Crippen LogP contribution in [0.1, 0.15) is 40.2 Å². The zero-order valence-electron chi connectivity index (χ0n) is 10.8. The fourth-order valence-corrected chi connectivity index (χ4v) is 2.14. The first kappa shape index (κ1) is 13.2. The van der Waals surface area contributed by atoms with E-state index in [0.29, 0.717) is 0 Å². The van der Waals surface area contributed by atoms with Crippen molar-refractivity contribution in [2.75, 3.05) is 0 Å². The van der Waals surface area contributed by atoms with Gasteiger partial charge in [0.25, 0.3) is 0 Å². The van der Waals surface area contributed by atoms with Gasteiger partial charge in [-0.2, -0.15) is 0 Å². The van der Waals surface area contributed by atoms with Crippen molar-refractivity contribution in [2.24, 2.45) is 11.1 Å². The molecular weight excluding hydrogens is 201 g/mol. The Morgan fingerprint density at radius 1 is 1.00 bits per heavy atom. The highest BCUT2D eigenvalue weighted by Gasteiger charge is 2.36. The van der Waals surface area contributed by atoms with Crippen LogP contribution in [0.3, 0.4) is 0 Å². The Hall–Kier alpha value is -0.890. The molecule has 1 rings (SSSR count). The predicted octanol–water partition coefficient (Wildman–Crippen LogP) is 3.48. The second-order valence-corrected chi connectivity index (χ2v) is 6.07. The molecule has 1 nitrogen and oxygen atoms in total. The number of rotatable bonds is 2. The second kappa shape index (κ2) is 4.17. The van der Waals surface area contributed by atoms with Gasteiger partial charge in [0.2, 0.25) is 0 Å². The van der Waals surface area contributed by atoms with Gasteiger partial charge in [-0.25, -0.2) is 4.39 Å². The number of hydrogen-bond donors (Lipinski definition) is 1. The lowest BCUT2D eigenvalue weighted by Crippen LogP contribution is -2.49. The number of nitrogens with two attached hydrogens (primary N) is 1. The van der Waals surface area contributed by atoms with E-state index in [0.717, 1.165) is 5.56 Å². The third kappa shape index (κ3) is 2.62. The summed E-state index contributed by atoms with van der Waals surface area (Å²) in [6.07, 6.45) is 0. The molecule has 2 heteroatoms. The summed E-state index contributed by atoms with van der Waals surface area (Å²) in [5.41, 5.74) is 7.25. The average molecular weight is 223 g/mol. The van der Waals surface area contributed by atoms with Crippen molar-refractivity contribution in [1.82, 2.24) is 0 Å². The van der Waals surface area contributed by atoms with Crippen molar-refractivity contribution in [3.05, 3.63) is 35.6 Å². The normalized spacial score (nSPS) is 14.9. The van der Waals surface area contributed by atoms with Crippen LogP contribution in [0.15, 0.2) is 24.3 Å². The van der Waals surface area contributed by atoms with Crippen molar-refractivity contribution in [3.63, 3.8) is 0 Å². The molecule has 90 valence electrons. The molecule has 0 heterocycles. The number of halogens is 1. The molecule has 0 fully saturated rings. The molecule has 0 amide bonds. The third-order valence-electron chi connectivity index (χ3n) is 3.30. The maximum absolute atomic E-state index is 12.9. The van der Waals surface area contributed by atoms with E-state index in [-0.39, 0.29) is 22.7 Å². The molecule has 0 radical (unpaired) electrons. The van der Waals surface area contributed by atoms with Crippen molar-refractivity contribution in [3.8, 4) is 0 Å². The first-order valence-corrected chi connectivity index (χ1v) is 5.67. The van der Waals surface area contributed by atoms with Gasteiger partial charge in [0.1, 0.15) is 5.82 Å². The van der Waals surface area contributed by atoms with Gasteiger partial charge in [-0.05, 0) is 23.1 Å². The summed E-state index contributed by atoms with van der Waals surface area (Å²) in [6, 6.07) is 6.64. The Labute approximate surface area is 97.9 Å². The van der Waals surface area contributed by atoms with Crippen molar-refractivity contribution in [1.29, 1.82) is 0 Å². The highest BCUT2D eigenvalue weighted by Crippen LogP contribution is 2.35. The van der Waals surface area contributed by atoms with Crippen LogP contribution in [-0.2, 0) is 5.41 Å². The molecule has 0 bridgehead atoms. The van der Waals surface area contributed by atoms with E-state index in [1.165, 1.54) is 12.1 Å². The fraction of sp³-hybridized carbons (Fsp3) is 0.571. The van der Waals surface area contributed by atoms with E-state index < -0.39 is 0 Å². The van der Waals surface area contributed by atoms with E-state index in [2.05, 4.69) is 34.6 Å². The molecular formula is C14H22FN. The zero-order chi connectivity index (χ0) is 12.6. The molecule has 0 saturated carbocycles. The molecule has 0 aliphatic carbocycles. The van der Waals surface area contributed by atoms with Crippen molar-refractivity contribution < 1.29 is 4.39 Å². The molecule has 0 aliphatic heterocycles. The van der Waals surface area contributed by atoms with Gasteiger partial charge < -0.3 is 5.73 Å². The minimum atomic E-state index is -0.205. The third-order valence-corrected chi connectivity index (χ3v) is 3.30. The van der Waals surface area contributed by atoms with E-state index in [1.54, 1.807) is 0 Å². The van der Waals surface area contributed by atoms with Crippen LogP contribution >= 0.6 is 0 Å². The monoisotopic (exact) mass is 223 g/mol. The number of hydrogen-bond acceptors (Lipinski definition) is 1. The topological polar surface area (TPSA) is 26.0 Å². The molecule has 1 unspecified atom stereocenters. The van der Waals surface area contributed by atoms with Crippen molar-refractivity contribution in [2.45, 2.75) is 46.1 Å². The smallest absolute Gasteiger partial charge is 0.123 e. The molecule has 1 aromatic carbocycles. The molecule has 0 spiro atoms. The summed E-state index contributed by atoms with van der Waals surface area (Å²) in [5, 5.41) is 0. The highest BCUT2D eigenvalue weighted by molar-refractivity contribution is 5.27. The maximum Gasteiger partial charge on any atom is 0.123 e. The number of benzene rings is 1. The fourth-order valence-electron chi connectivity index (χ4n) is 2.14. The molecule has 16 heavy (non-hydrogen) atoms. The SMILES string of the molecule is CC(C)(C)C(N)C(C)(C)c1ccc(F)cc1. The van der Waals surface area contributed by atoms with Gasteiger partial charge in [-0.15, -0.1) is 0 Å². The van der Waals surface area contributed by atoms with E-state index >= 15 is 0 Å². The van der Waals surface area contributed by atoms with Crippen LogP contribution in [0.5, 0.6) is 0 Å². The van der Waals surface area contributed by atoms with Crippen molar-refractivity contribution >= 4 is 0 Å². The lowest BCUT2D eigenvalue weighted by molar-refractivity contribution is 0.226. The van der Waals surface area contributed by atoms with E-state index in [4.69, 9.17) is 5.73 Å².